The number of carbonyl (C=O) groups excluding carboxylic acids is 3. The van der Waals surface area contributed by atoms with Gasteiger partial charge in [0, 0.05) is 17.9 Å². The summed E-state index contributed by atoms with van der Waals surface area (Å²) in [5.41, 5.74) is -1.11. The first-order valence-corrected chi connectivity index (χ1v) is 29.6. The monoisotopic (exact) mass is 1120 g/mol. The van der Waals surface area contributed by atoms with Crippen LogP contribution in [0.5, 0.6) is 0 Å². The van der Waals surface area contributed by atoms with Crippen molar-refractivity contribution >= 4 is 17.9 Å². The molecule has 0 spiro atoms. The van der Waals surface area contributed by atoms with Gasteiger partial charge in [0.1, 0.15) is 0 Å². The van der Waals surface area contributed by atoms with Crippen LogP contribution in [0.2, 0.25) is 0 Å². The van der Waals surface area contributed by atoms with Gasteiger partial charge in [0.15, 0.2) is 0 Å². The molecule has 0 saturated carbocycles. The number of carboxylic acid groups (broad SMARTS) is 3. The van der Waals surface area contributed by atoms with Crippen molar-refractivity contribution in [3.63, 3.8) is 0 Å². The van der Waals surface area contributed by atoms with Gasteiger partial charge in [-0.2, -0.15) is 0 Å². The zero-order valence-electron chi connectivity index (χ0n) is 46.6. The fourth-order valence-corrected chi connectivity index (χ4v) is 8.22. The van der Waals surface area contributed by atoms with Gasteiger partial charge in [0.05, 0.1) is 31.8 Å². The van der Waals surface area contributed by atoms with Crippen LogP contribution in [0.15, 0.2) is 0 Å². The minimum absolute atomic E-state index is 0. The number of hydrogen-bond donors (Lipinski definition) is 4. The van der Waals surface area contributed by atoms with Crippen molar-refractivity contribution in [1.29, 1.82) is 0 Å². The summed E-state index contributed by atoms with van der Waals surface area (Å²) in [5, 5.41) is 64.7. The topological polar surface area (TPSA) is 201 Å². The standard InChI is InChI=1S/3C18H36O2.C5H12O4.La/c3*1-2-3-4-5-6-7-8-9-10-11-12-13-14-15-16-17-18(19)20;6-1-5(2-7,3-8)4-9;/h3*2-17H2,1H3,(H,19,20);6-9H,1-4H2;/q;;;;+3/p-3. The molecule has 0 unspecified atom stereocenters. The number of rotatable bonds is 52. The third kappa shape index (κ3) is 76.4. The Morgan fingerprint density at radius 1 is 0.257 bits per heavy atom. The van der Waals surface area contributed by atoms with Crippen LogP contribution in [-0.4, -0.2) is 64.8 Å². The van der Waals surface area contributed by atoms with Crippen LogP contribution in [0.1, 0.15) is 329 Å². The second kappa shape index (κ2) is 70.5. The van der Waals surface area contributed by atoms with Gasteiger partial charge in [-0.05, 0) is 38.5 Å². The van der Waals surface area contributed by atoms with E-state index in [0.717, 1.165) is 38.5 Å². The second-order valence-corrected chi connectivity index (χ2v) is 20.3. The fourth-order valence-electron chi connectivity index (χ4n) is 8.22. The van der Waals surface area contributed by atoms with Crippen molar-refractivity contribution in [2.24, 2.45) is 5.41 Å². The molecule has 0 rings (SSSR count). The summed E-state index contributed by atoms with van der Waals surface area (Å²) in [6.07, 6.45) is 59.6. The van der Waals surface area contributed by atoms with Gasteiger partial charge in [-0.1, -0.05) is 290 Å². The number of aliphatic carboxylic acids is 3. The summed E-state index contributed by atoms with van der Waals surface area (Å²) in [4.78, 5) is 30.7. The molecular weight excluding hydrogens is 1010 g/mol. The average molecular weight is 1130 g/mol. The molecule has 416 valence electrons. The number of carboxylic acids is 3. The van der Waals surface area contributed by atoms with Gasteiger partial charge in [-0.25, -0.2) is 0 Å². The Labute approximate surface area is 461 Å². The Kier molecular flexibility index (Phi) is 78.9. The van der Waals surface area contributed by atoms with Crippen LogP contribution >= 0.6 is 0 Å². The number of aliphatic hydroxyl groups excluding tert-OH is 4. The van der Waals surface area contributed by atoms with E-state index < -0.39 is 49.8 Å². The van der Waals surface area contributed by atoms with Crippen LogP contribution in [0.3, 0.4) is 0 Å². The predicted octanol–water partition coefficient (Wildman–Crippen LogP) is 12.9. The number of hydrogen-bond acceptors (Lipinski definition) is 10. The normalized spacial score (nSPS) is 10.8. The minimum atomic E-state index is -1.11. The molecule has 0 aliphatic carbocycles. The molecule has 0 atom stereocenters. The number of carbonyl (C=O) groups is 3. The van der Waals surface area contributed by atoms with Gasteiger partial charge in [0.25, 0.3) is 0 Å². The number of aliphatic hydroxyl groups is 4. The largest absolute Gasteiger partial charge is 3.00 e. The summed E-state index contributed by atoms with van der Waals surface area (Å²) in [6, 6.07) is 0. The molecule has 0 radical (unpaired) electrons. The summed E-state index contributed by atoms with van der Waals surface area (Å²) < 4.78 is 0. The van der Waals surface area contributed by atoms with E-state index in [9.17, 15) is 29.7 Å². The third-order valence-electron chi connectivity index (χ3n) is 13.3. The Morgan fingerprint density at radius 2 is 0.371 bits per heavy atom. The molecule has 0 heterocycles. The maximum absolute atomic E-state index is 10.2. The van der Waals surface area contributed by atoms with E-state index in [1.807, 2.05) is 0 Å². The van der Waals surface area contributed by atoms with E-state index in [-0.39, 0.29) is 54.9 Å². The van der Waals surface area contributed by atoms with Crippen molar-refractivity contribution < 1.29 is 85.7 Å². The first-order valence-electron chi connectivity index (χ1n) is 29.6. The average Bonchev–Trinajstić information content (AvgIpc) is 3.34. The van der Waals surface area contributed by atoms with Gasteiger partial charge < -0.3 is 50.1 Å². The molecule has 0 aromatic carbocycles. The Bertz CT molecular complexity index is 858. The van der Waals surface area contributed by atoms with Crippen LogP contribution in [-0.2, 0) is 14.4 Å². The van der Waals surface area contributed by atoms with Crippen LogP contribution in [0.25, 0.3) is 0 Å². The molecule has 0 saturated heterocycles. The van der Waals surface area contributed by atoms with Crippen molar-refractivity contribution in [3.8, 4) is 0 Å². The molecule has 10 nitrogen and oxygen atoms in total. The Morgan fingerprint density at radius 3 is 0.457 bits per heavy atom. The molecule has 0 fully saturated rings. The van der Waals surface area contributed by atoms with Crippen molar-refractivity contribution in [2.45, 2.75) is 329 Å². The molecule has 70 heavy (non-hydrogen) atoms. The van der Waals surface area contributed by atoms with E-state index >= 15 is 0 Å². The predicted molar refractivity (Wildman–Crippen MR) is 284 cm³/mol. The van der Waals surface area contributed by atoms with Crippen LogP contribution in [0.4, 0.5) is 0 Å². The quantitative estimate of drug-likeness (QED) is 0.0425. The molecule has 11 heteroatoms. The van der Waals surface area contributed by atoms with Gasteiger partial charge in [-0.3, -0.25) is 0 Å². The maximum atomic E-state index is 10.2. The molecule has 0 amide bonds. The Hall–Kier alpha value is -0.555. The molecule has 0 aromatic rings. The number of unbranched alkanes of at least 4 members (excludes halogenated alkanes) is 42. The third-order valence-corrected chi connectivity index (χ3v) is 13.3. The summed E-state index contributed by atoms with van der Waals surface area (Å²) >= 11 is 0. The van der Waals surface area contributed by atoms with Gasteiger partial charge >= 0.3 is 35.6 Å². The second-order valence-electron chi connectivity index (χ2n) is 20.3. The molecule has 0 bridgehead atoms. The van der Waals surface area contributed by atoms with Crippen LogP contribution in [0, 0.1) is 41.0 Å². The first-order chi connectivity index (χ1) is 33.6. The SMILES string of the molecule is CCCCCCCCCCCCCCCCCC(=O)[O-].CCCCCCCCCCCCCCCCCC(=O)[O-].CCCCCCCCCCCCCCCCCC(=O)[O-].OCC(CO)(CO)CO.[La+3]. The van der Waals surface area contributed by atoms with Crippen molar-refractivity contribution in [2.75, 3.05) is 26.4 Å². The van der Waals surface area contributed by atoms with E-state index in [0.29, 0.717) is 0 Å². The molecule has 4 N–H and O–H groups in total. The summed E-state index contributed by atoms with van der Waals surface area (Å²) in [7, 11) is 0. The van der Waals surface area contributed by atoms with E-state index in [1.165, 1.54) is 250 Å². The fraction of sp³-hybridized carbons (Fsp3) is 0.949. The molecule has 0 aliphatic rings. The van der Waals surface area contributed by atoms with Gasteiger partial charge in [-0.15, -0.1) is 0 Å². The van der Waals surface area contributed by atoms with Crippen LogP contribution < -0.4 is 15.3 Å². The van der Waals surface area contributed by atoms with E-state index in [2.05, 4.69) is 20.8 Å². The summed E-state index contributed by atoms with van der Waals surface area (Å²) in [6.45, 7) is 5.18. The zero-order valence-corrected chi connectivity index (χ0v) is 50.2. The first kappa shape index (κ1) is 78.3. The molecule has 0 aliphatic heterocycles. The van der Waals surface area contributed by atoms with E-state index in [1.54, 1.807) is 0 Å². The zero-order chi connectivity index (χ0) is 52.0. The molecule has 0 aromatic heterocycles. The van der Waals surface area contributed by atoms with Gasteiger partial charge in [0.2, 0.25) is 0 Å². The molecular formula is C59H117LaO10. The van der Waals surface area contributed by atoms with Crippen molar-refractivity contribution in [1.82, 2.24) is 0 Å². The smallest absolute Gasteiger partial charge is 0.550 e. The van der Waals surface area contributed by atoms with Crippen molar-refractivity contribution in [3.05, 3.63) is 0 Å². The Balaban J connectivity index is -0.000000275. The minimum Gasteiger partial charge on any atom is -0.550 e. The summed E-state index contributed by atoms with van der Waals surface area (Å²) in [5.74, 6) is -2.71. The van der Waals surface area contributed by atoms with E-state index in [4.69, 9.17) is 20.4 Å². The maximum Gasteiger partial charge on any atom is 3.00 e.